The molecule has 4 heterocycles. The number of ether oxygens (including phenoxy) is 2. The molecular formula is C22H25N9O4. The first kappa shape index (κ1) is 19.1. The zero-order valence-electron chi connectivity index (χ0n) is 22.1. The molecule has 13 heteroatoms. The quantitative estimate of drug-likeness (QED) is 0.505. The van der Waals surface area contributed by atoms with Crippen LogP contribution in [0.3, 0.4) is 0 Å². The fraction of sp³-hybridized carbons (Fsp3) is 0.364. The largest absolute Gasteiger partial charge is 0.494 e. The number of rotatable bonds is 7. The summed E-state index contributed by atoms with van der Waals surface area (Å²) in [4.78, 5) is 33.3. The molecule has 0 spiro atoms. The fourth-order valence-corrected chi connectivity index (χ4v) is 3.98. The fourth-order valence-electron chi connectivity index (χ4n) is 3.98. The molecule has 2 aromatic heterocycles. The van der Waals surface area contributed by atoms with E-state index in [4.69, 9.17) is 13.6 Å². The Hall–Kier alpha value is -4.26. The molecule has 2 aliphatic heterocycles. The Kier molecular flexibility index (Phi) is 5.00. The summed E-state index contributed by atoms with van der Waals surface area (Å²) in [6.45, 7) is -0.922. The van der Waals surface area contributed by atoms with Gasteiger partial charge in [0.25, 0.3) is 5.91 Å². The van der Waals surface area contributed by atoms with Crippen LogP contribution in [0.2, 0.25) is 0 Å². The predicted molar refractivity (Wildman–Crippen MR) is 126 cm³/mol. The second kappa shape index (κ2) is 9.18. The first-order chi connectivity index (χ1) is 18.1. The second-order valence-corrected chi connectivity index (χ2v) is 7.99. The van der Waals surface area contributed by atoms with Gasteiger partial charge in [-0.1, -0.05) is 6.07 Å². The Morgan fingerprint density at radius 1 is 1.26 bits per heavy atom. The number of carbonyl (C=O) groups excluding carboxylic acids is 2. The van der Waals surface area contributed by atoms with Gasteiger partial charge in [-0.05, 0) is 12.1 Å². The van der Waals surface area contributed by atoms with Crippen LogP contribution in [0.4, 0.5) is 22.0 Å². The Morgan fingerprint density at radius 2 is 2.11 bits per heavy atom. The SMILES string of the molecule is [2H]C([2H])([2H])NC(=O)c1nnc(N2CCN(C3COC3)C2=O)cc1Nc1cccc(-c2ncn(C)n2)c1OC. The number of urea groups is 1. The van der Waals surface area contributed by atoms with Crippen molar-refractivity contribution in [2.45, 2.75) is 6.04 Å². The maximum Gasteiger partial charge on any atom is 0.326 e. The van der Waals surface area contributed by atoms with Gasteiger partial charge >= 0.3 is 6.03 Å². The summed E-state index contributed by atoms with van der Waals surface area (Å²) in [7, 11) is 3.22. The van der Waals surface area contributed by atoms with E-state index in [0.29, 0.717) is 49.1 Å². The molecule has 182 valence electrons. The highest BCUT2D eigenvalue weighted by Gasteiger charge is 2.38. The number of nitrogens with zero attached hydrogens (tertiary/aromatic N) is 7. The molecule has 0 aliphatic carbocycles. The summed E-state index contributed by atoms with van der Waals surface area (Å²) in [5.41, 5.74) is 0.867. The molecule has 5 rings (SSSR count). The molecule has 0 bridgehead atoms. The topological polar surface area (TPSA) is 140 Å². The number of methoxy groups -OCH3 is 1. The van der Waals surface area contributed by atoms with Crippen LogP contribution in [0.15, 0.2) is 30.6 Å². The van der Waals surface area contributed by atoms with Gasteiger partial charge in [-0.3, -0.25) is 14.4 Å². The van der Waals surface area contributed by atoms with Crippen LogP contribution < -0.4 is 20.3 Å². The van der Waals surface area contributed by atoms with Crippen LogP contribution in [-0.2, 0) is 11.8 Å². The van der Waals surface area contributed by atoms with Gasteiger partial charge in [0.15, 0.2) is 23.1 Å². The van der Waals surface area contributed by atoms with Crippen molar-refractivity contribution in [1.29, 1.82) is 0 Å². The lowest BCUT2D eigenvalue weighted by molar-refractivity contribution is -0.0433. The van der Waals surface area contributed by atoms with Gasteiger partial charge in [0.1, 0.15) is 6.33 Å². The Labute approximate surface area is 205 Å². The molecule has 0 atom stereocenters. The number of nitrogens with one attached hydrogen (secondary N) is 2. The van der Waals surface area contributed by atoms with Crippen LogP contribution in [0, 0.1) is 0 Å². The van der Waals surface area contributed by atoms with Gasteiger partial charge in [-0.2, -0.15) is 5.10 Å². The van der Waals surface area contributed by atoms with Crippen molar-refractivity contribution < 1.29 is 23.2 Å². The molecule has 0 unspecified atom stereocenters. The zero-order valence-corrected chi connectivity index (χ0v) is 19.1. The monoisotopic (exact) mass is 482 g/mol. The first-order valence-electron chi connectivity index (χ1n) is 12.3. The molecule has 0 radical (unpaired) electrons. The molecule has 2 saturated heterocycles. The van der Waals surface area contributed by atoms with Gasteiger partial charge < -0.3 is 25.0 Å². The van der Waals surface area contributed by atoms with E-state index in [0.717, 1.165) is 0 Å². The van der Waals surface area contributed by atoms with Gasteiger partial charge in [0, 0.05) is 37.3 Å². The molecule has 3 amide bonds. The molecule has 35 heavy (non-hydrogen) atoms. The van der Waals surface area contributed by atoms with Crippen molar-refractivity contribution in [3.05, 3.63) is 36.3 Å². The lowest BCUT2D eigenvalue weighted by Gasteiger charge is -2.34. The summed E-state index contributed by atoms with van der Waals surface area (Å²) in [5, 5.41) is 17.4. The van der Waals surface area contributed by atoms with E-state index in [1.165, 1.54) is 18.1 Å². The minimum absolute atomic E-state index is 0.00889. The number of aryl methyl sites for hydroxylation is 1. The third-order valence-corrected chi connectivity index (χ3v) is 5.82. The number of hydrogen-bond donors (Lipinski definition) is 2. The Bertz CT molecular complexity index is 1380. The highest BCUT2D eigenvalue weighted by molar-refractivity contribution is 6.00. The number of hydrogen-bond acceptors (Lipinski definition) is 9. The van der Waals surface area contributed by atoms with E-state index in [2.05, 4.69) is 25.6 Å². The maximum atomic E-state index is 13.0. The van der Waals surface area contributed by atoms with Crippen molar-refractivity contribution in [1.82, 2.24) is 35.2 Å². The number of benzene rings is 1. The lowest BCUT2D eigenvalue weighted by atomic mass is 10.1. The Balaban J connectivity index is 1.52. The summed E-state index contributed by atoms with van der Waals surface area (Å²) in [5.74, 6) is 0.0403. The second-order valence-electron chi connectivity index (χ2n) is 7.99. The predicted octanol–water partition coefficient (Wildman–Crippen LogP) is 1.02. The molecule has 13 nitrogen and oxygen atoms in total. The lowest BCUT2D eigenvalue weighted by Crippen LogP contribution is -2.50. The van der Waals surface area contributed by atoms with Crippen molar-refractivity contribution in [3.8, 4) is 17.1 Å². The molecule has 2 N–H and O–H groups in total. The summed E-state index contributed by atoms with van der Waals surface area (Å²) >= 11 is 0. The highest BCUT2D eigenvalue weighted by atomic mass is 16.5. The summed E-state index contributed by atoms with van der Waals surface area (Å²) in [6.07, 6.45) is 1.55. The number of carbonyl (C=O) groups is 2. The smallest absolute Gasteiger partial charge is 0.326 e. The minimum Gasteiger partial charge on any atom is -0.494 e. The zero-order chi connectivity index (χ0) is 27.0. The number of anilines is 3. The van der Waals surface area contributed by atoms with Crippen molar-refractivity contribution in [3.63, 3.8) is 0 Å². The van der Waals surface area contributed by atoms with Crippen LogP contribution in [0.25, 0.3) is 11.4 Å². The number of para-hydroxylation sites is 1. The minimum atomic E-state index is -2.74. The molecule has 2 fully saturated rings. The average Bonchev–Trinajstić information content (AvgIpc) is 3.42. The van der Waals surface area contributed by atoms with Gasteiger partial charge in [0.2, 0.25) is 0 Å². The van der Waals surface area contributed by atoms with Crippen molar-refractivity contribution in [2.75, 3.05) is 50.6 Å². The maximum absolute atomic E-state index is 13.0. The molecule has 1 aromatic carbocycles. The molecule has 0 saturated carbocycles. The van der Waals surface area contributed by atoms with Crippen LogP contribution in [0.1, 0.15) is 14.6 Å². The van der Waals surface area contributed by atoms with E-state index in [9.17, 15) is 9.59 Å². The number of aromatic nitrogens is 5. The molecular weight excluding hydrogens is 454 g/mol. The average molecular weight is 483 g/mol. The molecule has 3 aromatic rings. The van der Waals surface area contributed by atoms with Crippen LogP contribution in [0.5, 0.6) is 5.75 Å². The van der Waals surface area contributed by atoms with E-state index in [1.807, 2.05) is 5.32 Å². The summed E-state index contributed by atoms with van der Waals surface area (Å²) in [6, 6.07) is 6.46. The van der Waals surface area contributed by atoms with E-state index < -0.39 is 12.9 Å². The third kappa shape index (κ3) is 4.10. The van der Waals surface area contributed by atoms with Crippen molar-refractivity contribution in [2.24, 2.45) is 7.05 Å². The third-order valence-electron chi connectivity index (χ3n) is 5.82. The van der Waals surface area contributed by atoms with E-state index in [1.54, 1.807) is 41.2 Å². The van der Waals surface area contributed by atoms with E-state index in [-0.39, 0.29) is 29.3 Å². The van der Waals surface area contributed by atoms with Gasteiger partial charge in [0.05, 0.1) is 43.3 Å². The summed E-state index contributed by atoms with van der Waals surface area (Å²) < 4.78 is 34.6. The first-order valence-corrected chi connectivity index (χ1v) is 10.8. The van der Waals surface area contributed by atoms with Crippen molar-refractivity contribution >= 4 is 29.1 Å². The van der Waals surface area contributed by atoms with Crippen LogP contribution >= 0.6 is 0 Å². The molecule has 2 aliphatic rings. The van der Waals surface area contributed by atoms with Gasteiger partial charge in [-0.25, -0.2) is 9.78 Å². The number of amides is 3. The van der Waals surface area contributed by atoms with Gasteiger partial charge in [-0.15, -0.1) is 10.2 Å². The standard InChI is InChI=1S/C22H25N9O4/c1-23-21(32)18-16(9-17(26-27-18)31-8-7-30(22(31)33)13-10-35-11-13)25-15-6-4-5-14(19(15)34-3)20-24-12-29(2)28-20/h4-6,9,12-13H,7-8,10-11H2,1-3H3,(H,23,32)(H,25,26)/i1D3. The van der Waals surface area contributed by atoms with Crippen LogP contribution in [-0.4, -0.2) is 88.2 Å². The highest BCUT2D eigenvalue weighted by Crippen LogP contribution is 2.37. The Morgan fingerprint density at radius 3 is 2.80 bits per heavy atom. The van der Waals surface area contributed by atoms with E-state index >= 15 is 0 Å². The normalized spacial score (nSPS) is 17.4.